The molecule has 0 spiro atoms. The lowest BCUT2D eigenvalue weighted by molar-refractivity contribution is -0.142. The highest BCUT2D eigenvalue weighted by molar-refractivity contribution is 7.15. The molecule has 2 saturated heterocycles. The van der Waals surface area contributed by atoms with Crippen molar-refractivity contribution in [1.29, 1.82) is 0 Å². The number of piperidine rings is 1. The highest BCUT2D eigenvalue weighted by Gasteiger charge is 2.39. The van der Waals surface area contributed by atoms with Crippen molar-refractivity contribution in [1.82, 2.24) is 24.8 Å². The number of hydrogen-bond donors (Lipinski definition) is 1. The van der Waals surface area contributed by atoms with E-state index in [0.717, 1.165) is 47.6 Å². The first kappa shape index (κ1) is 21.4. The van der Waals surface area contributed by atoms with E-state index in [9.17, 15) is 18.0 Å². The number of carbonyl (C=O) groups is 1. The van der Waals surface area contributed by atoms with Crippen molar-refractivity contribution >= 4 is 22.9 Å². The fourth-order valence-corrected chi connectivity index (χ4v) is 5.82. The quantitative estimate of drug-likeness (QED) is 0.623. The number of nitrogens with one attached hydrogen (secondary N) is 1. The van der Waals surface area contributed by atoms with Crippen LogP contribution in [-0.2, 0) is 12.6 Å². The van der Waals surface area contributed by atoms with Gasteiger partial charge in [0, 0.05) is 29.1 Å². The fourth-order valence-electron chi connectivity index (χ4n) is 4.91. The van der Waals surface area contributed by atoms with Crippen LogP contribution in [0.4, 0.5) is 13.2 Å². The van der Waals surface area contributed by atoms with Crippen LogP contribution in [0.15, 0.2) is 24.3 Å². The molecular weight excluding hydrogens is 439 g/mol. The first-order valence-corrected chi connectivity index (χ1v) is 11.6. The summed E-state index contributed by atoms with van der Waals surface area (Å²) in [5, 5.41) is 6.97. The summed E-state index contributed by atoms with van der Waals surface area (Å²) in [5.41, 5.74) is -0.754. The van der Waals surface area contributed by atoms with Gasteiger partial charge in [-0.3, -0.25) is 4.79 Å². The average molecular weight is 464 g/mol. The Morgan fingerprint density at radius 1 is 1.22 bits per heavy atom. The Bertz CT molecular complexity index is 1160. The number of amides is 1. The van der Waals surface area contributed by atoms with Crippen LogP contribution in [0.1, 0.15) is 53.7 Å². The standard InChI is InChI=1S/C22H24F3N5OS/c1-3-15-6-7-18(32-15)16-10-19(22(23,24)25)30-20(27-16)11-17(28-30)21(31)26-12-8-13-4-5-14(9-12)29(13)2/h6-7,10-14H,3-5,8-9H2,1-2H3,(H,26,31)/t13-,14-/m0/s1. The van der Waals surface area contributed by atoms with Crippen molar-refractivity contribution in [2.24, 2.45) is 0 Å². The zero-order valence-corrected chi connectivity index (χ0v) is 18.6. The van der Waals surface area contributed by atoms with Gasteiger partial charge in [-0.05, 0) is 57.4 Å². The smallest absolute Gasteiger partial charge is 0.348 e. The largest absolute Gasteiger partial charge is 0.433 e. The normalized spacial score (nSPS) is 23.7. The number of aryl methyl sites for hydroxylation is 1. The van der Waals surface area contributed by atoms with E-state index in [2.05, 4.69) is 27.3 Å². The van der Waals surface area contributed by atoms with Crippen molar-refractivity contribution < 1.29 is 18.0 Å². The van der Waals surface area contributed by atoms with Gasteiger partial charge in [-0.25, -0.2) is 9.50 Å². The molecular formula is C22H24F3N5OS. The van der Waals surface area contributed by atoms with Crippen LogP contribution >= 0.6 is 11.3 Å². The van der Waals surface area contributed by atoms with Gasteiger partial charge in [-0.1, -0.05) is 6.92 Å². The molecule has 0 unspecified atom stereocenters. The van der Waals surface area contributed by atoms with Crippen molar-refractivity contribution in [3.63, 3.8) is 0 Å². The van der Waals surface area contributed by atoms with Gasteiger partial charge >= 0.3 is 6.18 Å². The Labute approximate surface area is 187 Å². The van der Waals surface area contributed by atoms with Crippen LogP contribution in [-0.4, -0.2) is 50.6 Å². The minimum Gasteiger partial charge on any atom is -0.348 e. The van der Waals surface area contributed by atoms with Crippen molar-refractivity contribution in [3.8, 4) is 10.6 Å². The van der Waals surface area contributed by atoms with Gasteiger partial charge < -0.3 is 10.2 Å². The molecule has 1 N–H and O–H groups in total. The maximum atomic E-state index is 13.8. The zero-order chi connectivity index (χ0) is 22.6. The second-order valence-corrected chi connectivity index (χ2v) is 9.80. The lowest BCUT2D eigenvalue weighted by Crippen LogP contribution is -2.48. The van der Waals surface area contributed by atoms with Crippen molar-refractivity contribution in [3.05, 3.63) is 40.5 Å². The summed E-state index contributed by atoms with van der Waals surface area (Å²) in [4.78, 5) is 21.3. The molecule has 5 rings (SSSR count). The highest BCUT2D eigenvalue weighted by Crippen LogP contribution is 2.36. The predicted molar refractivity (Wildman–Crippen MR) is 116 cm³/mol. The van der Waals surface area contributed by atoms with E-state index in [-0.39, 0.29) is 23.1 Å². The third-order valence-electron chi connectivity index (χ3n) is 6.65. The highest BCUT2D eigenvalue weighted by atomic mass is 32.1. The summed E-state index contributed by atoms with van der Waals surface area (Å²) >= 11 is 1.41. The van der Waals surface area contributed by atoms with E-state index < -0.39 is 17.8 Å². The molecule has 0 saturated carbocycles. The SMILES string of the molecule is CCc1ccc(-c2cc(C(F)(F)F)n3nc(C(=O)NC4C[C@@H]5CC[C@@H](C4)N5C)cc3n2)s1. The molecule has 3 aromatic heterocycles. The minimum absolute atomic E-state index is 0.00482. The van der Waals surface area contributed by atoms with Gasteiger partial charge in [0.25, 0.3) is 5.91 Å². The molecule has 2 aliphatic rings. The van der Waals surface area contributed by atoms with Crippen LogP contribution in [0, 0.1) is 0 Å². The van der Waals surface area contributed by atoms with E-state index in [4.69, 9.17) is 0 Å². The lowest BCUT2D eigenvalue weighted by Gasteiger charge is -2.36. The van der Waals surface area contributed by atoms with Gasteiger partial charge in [-0.15, -0.1) is 11.3 Å². The number of hydrogen-bond acceptors (Lipinski definition) is 5. The van der Waals surface area contributed by atoms with Gasteiger partial charge in [0.1, 0.15) is 0 Å². The van der Waals surface area contributed by atoms with Crippen LogP contribution in [0.5, 0.6) is 0 Å². The van der Waals surface area contributed by atoms with Crippen LogP contribution in [0.25, 0.3) is 16.2 Å². The fraction of sp³-hybridized carbons (Fsp3) is 0.500. The van der Waals surface area contributed by atoms with E-state index in [1.165, 1.54) is 17.4 Å². The van der Waals surface area contributed by atoms with Crippen LogP contribution in [0.2, 0.25) is 0 Å². The lowest BCUT2D eigenvalue weighted by atomic mass is 9.98. The Morgan fingerprint density at radius 2 is 1.94 bits per heavy atom. The summed E-state index contributed by atoms with van der Waals surface area (Å²) in [6.07, 6.45) is 0.0985. The Morgan fingerprint density at radius 3 is 2.56 bits per heavy atom. The molecule has 2 bridgehead atoms. The zero-order valence-electron chi connectivity index (χ0n) is 17.8. The Kier molecular flexibility index (Phi) is 5.24. The second-order valence-electron chi connectivity index (χ2n) is 8.64. The molecule has 2 fully saturated rings. The molecule has 3 aromatic rings. The third-order valence-corrected chi connectivity index (χ3v) is 7.90. The van der Waals surface area contributed by atoms with Crippen LogP contribution < -0.4 is 5.32 Å². The monoisotopic (exact) mass is 463 g/mol. The number of fused-ring (bicyclic) bond motifs is 3. The van der Waals surface area contributed by atoms with Gasteiger partial charge in [-0.2, -0.15) is 18.3 Å². The molecule has 6 nitrogen and oxygen atoms in total. The summed E-state index contributed by atoms with van der Waals surface area (Å²) in [6.45, 7) is 1.99. The molecule has 0 radical (unpaired) electrons. The van der Waals surface area contributed by atoms with Crippen molar-refractivity contribution in [2.45, 2.75) is 63.3 Å². The maximum absolute atomic E-state index is 13.8. The molecule has 5 heterocycles. The van der Waals surface area contributed by atoms with E-state index >= 15 is 0 Å². The van der Waals surface area contributed by atoms with E-state index in [1.54, 1.807) is 6.07 Å². The first-order chi connectivity index (χ1) is 15.2. The number of alkyl halides is 3. The molecule has 2 atom stereocenters. The Hall–Kier alpha value is -2.46. The maximum Gasteiger partial charge on any atom is 0.433 e. The average Bonchev–Trinajstić information content (AvgIpc) is 3.43. The number of thiophene rings is 1. The first-order valence-electron chi connectivity index (χ1n) is 10.8. The topological polar surface area (TPSA) is 62.5 Å². The molecule has 1 amide bonds. The third kappa shape index (κ3) is 3.79. The molecule has 2 aliphatic heterocycles. The second kappa shape index (κ2) is 7.84. The Balaban J connectivity index is 1.46. The van der Waals surface area contributed by atoms with E-state index in [0.29, 0.717) is 17.0 Å². The summed E-state index contributed by atoms with van der Waals surface area (Å²) in [7, 11) is 2.11. The molecule has 0 aliphatic carbocycles. The van der Waals surface area contributed by atoms with Crippen LogP contribution in [0.3, 0.4) is 0 Å². The summed E-state index contributed by atoms with van der Waals surface area (Å²) < 4.78 is 42.1. The van der Waals surface area contributed by atoms with E-state index in [1.807, 2.05) is 13.0 Å². The number of rotatable bonds is 4. The predicted octanol–water partition coefficient (Wildman–Crippen LogP) is 4.39. The molecule has 170 valence electrons. The number of nitrogens with zero attached hydrogens (tertiary/aromatic N) is 4. The number of halogens is 3. The number of aromatic nitrogens is 3. The van der Waals surface area contributed by atoms with Gasteiger partial charge in [0.05, 0.1) is 10.6 Å². The number of carbonyl (C=O) groups excluding carboxylic acids is 1. The summed E-state index contributed by atoms with van der Waals surface area (Å²) in [5.74, 6) is -0.455. The molecule has 10 heteroatoms. The van der Waals surface area contributed by atoms with Gasteiger partial charge in [0.15, 0.2) is 17.0 Å². The minimum atomic E-state index is -4.63. The summed E-state index contributed by atoms with van der Waals surface area (Å²) in [6, 6.07) is 6.91. The van der Waals surface area contributed by atoms with Crippen molar-refractivity contribution in [2.75, 3.05) is 7.05 Å². The van der Waals surface area contributed by atoms with Gasteiger partial charge in [0.2, 0.25) is 0 Å². The molecule has 32 heavy (non-hydrogen) atoms. The molecule has 0 aromatic carbocycles.